The Hall–Kier alpha value is -2.07. The van der Waals surface area contributed by atoms with E-state index in [1.165, 1.54) is 0 Å². The second-order valence-corrected chi connectivity index (χ2v) is 9.08. The first-order valence-corrected chi connectivity index (χ1v) is 10.3. The van der Waals surface area contributed by atoms with Crippen LogP contribution >= 0.6 is 0 Å². The van der Waals surface area contributed by atoms with E-state index >= 15 is 0 Å². The van der Waals surface area contributed by atoms with Crippen molar-refractivity contribution in [2.24, 2.45) is 0 Å². The van der Waals surface area contributed by atoms with Crippen LogP contribution in [0.15, 0.2) is 12.2 Å². The van der Waals surface area contributed by atoms with E-state index in [0.29, 0.717) is 6.92 Å². The molecular weight excluding hydrogens is 613 g/mol. The molecule has 0 amide bonds. The van der Waals surface area contributed by atoms with Gasteiger partial charge in [0, 0.05) is 13.1 Å². The Morgan fingerprint density at radius 2 is 1.00 bits per heavy atom. The summed E-state index contributed by atoms with van der Waals surface area (Å²) in [4.78, 5) is 10.5. The number of carboxylic acid groups (broad SMARTS) is 1. The summed E-state index contributed by atoms with van der Waals surface area (Å²) in [5, 5.41) is 2.77. The molecule has 5 nitrogen and oxygen atoms in total. The molecule has 0 aromatic rings. The van der Waals surface area contributed by atoms with Crippen molar-refractivity contribution in [3.05, 3.63) is 12.2 Å². The summed E-state index contributed by atoms with van der Waals surface area (Å²) in [5.74, 6) is -54.3. The van der Waals surface area contributed by atoms with Gasteiger partial charge in [0.05, 0.1) is 5.97 Å². The molecule has 0 spiro atoms. The molecule has 0 N–H and O–H groups in total. The van der Waals surface area contributed by atoms with Crippen LogP contribution in [-0.4, -0.2) is 78.7 Å². The fourth-order valence-electron chi connectivity index (χ4n) is 2.28. The molecule has 0 fully saturated rings. The molecule has 226 valence electrons. The van der Waals surface area contributed by atoms with Crippen molar-refractivity contribution in [3.63, 3.8) is 0 Å². The van der Waals surface area contributed by atoms with E-state index in [2.05, 4.69) is 6.58 Å². The van der Waals surface area contributed by atoms with Crippen molar-refractivity contribution in [3.8, 4) is 0 Å². The molecule has 0 aromatic heterocycles. The van der Waals surface area contributed by atoms with Crippen LogP contribution in [0, 0.1) is 0 Å². The van der Waals surface area contributed by atoms with E-state index in [1.807, 2.05) is 0 Å². The summed E-state index contributed by atoms with van der Waals surface area (Å²) < 4.78 is 249. The number of alkyl halides is 17. The first-order chi connectivity index (χ1) is 16.3. The number of halogens is 17. The van der Waals surface area contributed by atoms with Crippen molar-refractivity contribution < 1.29 is 93.0 Å². The Balaban J connectivity index is 6.91. The van der Waals surface area contributed by atoms with Crippen molar-refractivity contribution in [2.75, 3.05) is 13.1 Å². The predicted octanol–water partition coefficient (Wildman–Crippen LogP) is 4.30. The van der Waals surface area contributed by atoms with Crippen LogP contribution in [-0.2, 0) is 14.8 Å². The normalized spacial score (nSPS) is 15.7. The lowest BCUT2D eigenvalue weighted by Gasteiger charge is -2.43. The molecule has 0 aliphatic carbocycles. The number of hydrogen-bond donors (Lipinski definition) is 0. The number of sulfonamides is 1. The maximum absolute atomic E-state index is 14.1. The highest BCUT2D eigenvalue weighted by molar-refractivity contribution is 7.90. The average Bonchev–Trinajstić information content (AvgIpc) is 2.71. The predicted molar refractivity (Wildman–Crippen MR) is 85.6 cm³/mol. The lowest BCUT2D eigenvalue weighted by atomic mass is 9.91. The van der Waals surface area contributed by atoms with Crippen LogP contribution in [0.25, 0.3) is 0 Å². The van der Waals surface area contributed by atoms with E-state index < -0.39 is 92.3 Å². The highest BCUT2D eigenvalue weighted by Crippen LogP contribution is 2.64. The standard InChI is InChI=1S/C15H12F17NO4S/c1-3-33(5-4-6(2)7(34)35)38(36,37)15(31,32)13(26,27)11(22,23)9(18,19)8(16,17)10(20,21)12(24,25)14(28,29)30/h2-5H2,1H3,(H,34,35)/p-1. The number of rotatable bonds is 13. The Morgan fingerprint density at radius 1 is 0.684 bits per heavy atom. The highest BCUT2D eigenvalue weighted by atomic mass is 32.2. The lowest BCUT2D eigenvalue weighted by Crippen LogP contribution is -2.75. The second kappa shape index (κ2) is 9.84. The number of hydrogen-bond acceptors (Lipinski definition) is 4. The van der Waals surface area contributed by atoms with Gasteiger partial charge in [0.1, 0.15) is 0 Å². The summed E-state index contributed by atoms with van der Waals surface area (Å²) in [6, 6.07) is 0. The molecule has 23 heteroatoms. The quantitative estimate of drug-likeness (QED) is 0.226. The van der Waals surface area contributed by atoms with Crippen LogP contribution in [0.2, 0.25) is 0 Å². The maximum Gasteiger partial charge on any atom is 0.460 e. The summed E-state index contributed by atoms with van der Waals surface area (Å²) in [6.07, 6.45) is -9.21. The fourth-order valence-corrected chi connectivity index (χ4v) is 3.73. The molecule has 0 aromatic carbocycles. The fraction of sp³-hybridized carbons (Fsp3) is 0.800. The molecular formula is C15H11F17NO4S-. The molecule has 0 radical (unpaired) electrons. The minimum atomic E-state index is -8.93. The van der Waals surface area contributed by atoms with Crippen LogP contribution in [0.1, 0.15) is 13.3 Å². The first-order valence-electron chi connectivity index (χ1n) is 8.89. The third-order valence-electron chi connectivity index (χ3n) is 4.66. The van der Waals surface area contributed by atoms with Crippen molar-refractivity contribution >= 4 is 16.0 Å². The lowest BCUT2D eigenvalue weighted by molar-refractivity contribution is -0.458. The summed E-state index contributed by atoms with van der Waals surface area (Å²) in [7, 11) is -7.48. The van der Waals surface area contributed by atoms with Crippen LogP contribution in [0.5, 0.6) is 0 Å². The molecule has 0 saturated carbocycles. The topological polar surface area (TPSA) is 77.5 Å². The highest BCUT2D eigenvalue weighted by Gasteiger charge is 2.96. The van der Waals surface area contributed by atoms with E-state index in [9.17, 15) is 93.0 Å². The third-order valence-corrected chi connectivity index (χ3v) is 6.69. The van der Waals surface area contributed by atoms with Crippen molar-refractivity contribution in [2.45, 2.75) is 60.3 Å². The van der Waals surface area contributed by atoms with Gasteiger partial charge in [0.15, 0.2) is 0 Å². The second-order valence-electron chi connectivity index (χ2n) is 7.10. The van der Waals surface area contributed by atoms with Gasteiger partial charge >= 0.3 is 47.0 Å². The number of carbonyl (C=O) groups excluding carboxylic acids is 1. The number of nitrogens with zero attached hydrogens (tertiary/aromatic N) is 1. The van der Waals surface area contributed by atoms with Gasteiger partial charge in [-0.3, -0.25) is 0 Å². The Kier molecular flexibility index (Phi) is 9.30. The van der Waals surface area contributed by atoms with Gasteiger partial charge in [-0.1, -0.05) is 13.5 Å². The number of aliphatic carboxylic acids is 1. The van der Waals surface area contributed by atoms with E-state index in [1.54, 1.807) is 0 Å². The van der Waals surface area contributed by atoms with Crippen molar-refractivity contribution in [1.29, 1.82) is 0 Å². The smallest absolute Gasteiger partial charge is 0.460 e. The van der Waals surface area contributed by atoms with Gasteiger partial charge in [-0.15, -0.1) is 0 Å². The van der Waals surface area contributed by atoms with E-state index in [-0.39, 0.29) is 0 Å². The van der Waals surface area contributed by atoms with Crippen LogP contribution in [0.4, 0.5) is 74.6 Å². The van der Waals surface area contributed by atoms with Gasteiger partial charge < -0.3 is 9.90 Å². The zero-order valence-electron chi connectivity index (χ0n) is 17.7. The molecule has 0 unspecified atom stereocenters. The molecule has 0 aliphatic rings. The molecule has 0 rings (SSSR count). The summed E-state index contributed by atoms with van der Waals surface area (Å²) in [5.41, 5.74) is -1.14. The first kappa shape index (κ1) is 35.9. The van der Waals surface area contributed by atoms with Gasteiger partial charge in [-0.05, 0) is 12.0 Å². The van der Waals surface area contributed by atoms with Crippen LogP contribution < -0.4 is 5.11 Å². The molecule has 0 atom stereocenters. The summed E-state index contributed by atoms with van der Waals surface area (Å²) in [6.45, 7) is -0.0146. The average molecular weight is 624 g/mol. The molecule has 0 bridgehead atoms. The molecule has 0 aliphatic heterocycles. The van der Waals surface area contributed by atoms with Gasteiger partial charge in [0.2, 0.25) is 0 Å². The zero-order valence-corrected chi connectivity index (χ0v) is 18.6. The largest absolute Gasteiger partial charge is 0.545 e. The van der Waals surface area contributed by atoms with Gasteiger partial charge in [0.25, 0.3) is 10.0 Å². The Bertz CT molecular complexity index is 1020. The molecule has 0 saturated heterocycles. The maximum atomic E-state index is 14.1. The molecule has 38 heavy (non-hydrogen) atoms. The molecule has 0 heterocycles. The van der Waals surface area contributed by atoms with Crippen LogP contribution in [0.3, 0.4) is 0 Å². The van der Waals surface area contributed by atoms with E-state index in [4.69, 9.17) is 0 Å². The van der Waals surface area contributed by atoms with Gasteiger partial charge in [-0.25, -0.2) is 8.42 Å². The number of carbonyl (C=O) groups is 1. The monoisotopic (exact) mass is 624 g/mol. The third kappa shape index (κ3) is 4.87. The Labute approximate surface area is 199 Å². The minimum Gasteiger partial charge on any atom is -0.545 e. The minimum absolute atomic E-state index is 0.466. The SMILES string of the molecule is C=C(CCN(CC)S(=O)(=O)C(F)(F)C(F)(F)C(F)(F)C(F)(F)C(F)(F)C(F)(F)C(F)(F)C(F)(F)F)C(=O)[O-]. The van der Waals surface area contributed by atoms with E-state index in [0.717, 1.165) is 0 Å². The van der Waals surface area contributed by atoms with Gasteiger partial charge in [-0.2, -0.15) is 78.9 Å². The number of carboxylic acids is 1. The Morgan fingerprint density at radius 3 is 1.29 bits per heavy atom. The zero-order chi connectivity index (χ0) is 31.4. The summed E-state index contributed by atoms with van der Waals surface area (Å²) >= 11 is 0. The van der Waals surface area contributed by atoms with Crippen molar-refractivity contribution in [1.82, 2.24) is 4.31 Å².